The van der Waals surface area contributed by atoms with Crippen LogP contribution in [-0.2, 0) is 19.1 Å². The summed E-state index contributed by atoms with van der Waals surface area (Å²) in [5.41, 5.74) is 0.378. The fourth-order valence-corrected chi connectivity index (χ4v) is 1.57. The maximum Gasteiger partial charge on any atom is 0.354 e. The second-order valence-corrected chi connectivity index (χ2v) is 4.71. The van der Waals surface area contributed by atoms with Gasteiger partial charge in [0, 0.05) is 12.6 Å². The van der Waals surface area contributed by atoms with E-state index in [1.54, 1.807) is 38.2 Å². The first-order valence-corrected chi connectivity index (χ1v) is 6.85. The van der Waals surface area contributed by atoms with Crippen LogP contribution < -0.4 is 0 Å². The quantitative estimate of drug-likeness (QED) is 0.718. The lowest BCUT2D eigenvalue weighted by Crippen LogP contribution is -2.25. The average molecular weight is 279 g/mol. The van der Waals surface area contributed by atoms with Crippen molar-refractivity contribution in [1.82, 2.24) is 4.98 Å². The van der Waals surface area contributed by atoms with E-state index in [0.29, 0.717) is 5.69 Å². The molecule has 0 saturated carbocycles. The minimum absolute atomic E-state index is 0.275. The van der Waals surface area contributed by atoms with Crippen LogP contribution in [0.2, 0.25) is 0 Å². The Bertz CT molecular complexity index is 431. The Morgan fingerprint density at radius 3 is 2.55 bits per heavy atom. The normalized spacial score (nSPS) is 12.0. The number of pyridine rings is 1. The van der Waals surface area contributed by atoms with E-state index in [9.17, 15) is 9.59 Å². The van der Waals surface area contributed by atoms with Gasteiger partial charge < -0.3 is 9.47 Å². The van der Waals surface area contributed by atoms with Crippen LogP contribution in [-0.4, -0.2) is 23.0 Å². The van der Waals surface area contributed by atoms with Gasteiger partial charge in [0.25, 0.3) is 0 Å². The van der Waals surface area contributed by atoms with Gasteiger partial charge in [-0.3, -0.25) is 9.78 Å². The molecule has 5 nitrogen and oxygen atoms in total. The second kappa shape index (κ2) is 8.30. The molecule has 1 aromatic rings. The van der Waals surface area contributed by atoms with E-state index < -0.39 is 18.0 Å². The summed E-state index contributed by atoms with van der Waals surface area (Å²) < 4.78 is 10.3. The number of hydrogen-bond donors (Lipinski definition) is 0. The van der Waals surface area contributed by atoms with Gasteiger partial charge in [0.05, 0.1) is 11.8 Å². The number of hydrogen-bond acceptors (Lipinski definition) is 5. The highest BCUT2D eigenvalue weighted by atomic mass is 16.6. The minimum Gasteiger partial charge on any atom is -0.460 e. The number of aromatic nitrogens is 1. The number of unbranched alkanes of at least 4 members (excludes halogenated alkanes) is 1. The first-order chi connectivity index (χ1) is 9.54. The van der Waals surface area contributed by atoms with E-state index in [-0.39, 0.29) is 12.5 Å². The second-order valence-electron chi connectivity index (χ2n) is 4.71. The van der Waals surface area contributed by atoms with Crippen molar-refractivity contribution in [3.8, 4) is 0 Å². The van der Waals surface area contributed by atoms with Gasteiger partial charge in [-0.05, 0) is 32.4 Å². The summed E-state index contributed by atoms with van der Waals surface area (Å²) in [6, 6.07) is 5.10. The molecule has 1 rings (SSSR count). The largest absolute Gasteiger partial charge is 0.460 e. The number of carbonyl (C=O) groups excluding carboxylic acids is 2. The van der Waals surface area contributed by atoms with E-state index in [2.05, 4.69) is 4.98 Å². The molecule has 1 heterocycles. The van der Waals surface area contributed by atoms with Crippen LogP contribution in [0.3, 0.4) is 0 Å². The predicted molar refractivity (Wildman–Crippen MR) is 73.8 cm³/mol. The molecule has 0 aliphatic carbocycles. The van der Waals surface area contributed by atoms with Gasteiger partial charge in [0.2, 0.25) is 6.10 Å². The van der Waals surface area contributed by atoms with E-state index in [4.69, 9.17) is 9.47 Å². The Kier molecular flexibility index (Phi) is 6.70. The van der Waals surface area contributed by atoms with Gasteiger partial charge in [-0.25, -0.2) is 4.79 Å². The highest BCUT2D eigenvalue weighted by Crippen LogP contribution is 2.19. The van der Waals surface area contributed by atoms with Crippen molar-refractivity contribution in [2.45, 2.75) is 52.2 Å². The van der Waals surface area contributed by atoms with Gasteiger partial charge in [-0.1, -0.05) is 19.4 Å². The predicted octanol–water partition coefficient (Wildman–Crippen LogP) is 2.81. The highest BCUT2D eigenvalue weighted by molar-refractivity contribution is 5.80. The van der Waals surface area contributed by atoms with Gasteiger partial charge in [-0.15, -0.1) is 0 Å². The fourth-order valence-electron chi connectivity index (χ4n) is 1.57. The molecule has 0 saturated heterocycles. The molecule has 0 bridgehead atoms. The molecule has 0 N–H and O–H groups in total. The van der Waals surface area contributed by atoms with E-state index in [0.717, 1.165) is 12.8 Å². The van der Waals surface area contributed by atoms with Crippen LogP contribution >= 0.6 is 0 Å². The zero-order valence-corrected chi connectivity index (χ0v) is 12.2. The van der Waals surface area contributed by atoms with Crippen LogP contribution in [0.5, 0.6) is 0 Å². The summed E-state index contributed by atoms with van der Waals surface area (Å²) in [6.45, 7) is 5.47. The van der Waals surface area contributed by atoms with Crippen molar-refractivity contribution in [3.63, 3.8) is 0 Å². The molecule has 1 unspecified atom stereocenters. The van der Waals surface area contributed by atoms with Gasteiger partial charge in [-0.2, -0.15) is 0 Å². The smallest absolute Gasteiger partial charge is 0.354 e. The number of nitrogens with zero attached hydrogens (tertiary/aromatic N) is 1. The molecule has 0 spiro atoms. The average Bonchev–Trinajstić information content (AvgIpc) is 2.42. The Labute approximate surface area is 119 Å². The third-order valence-electron chi connectivity index (χ3n) is 2.51. The van der Waals surface area contributed by atoms with E-state index >= 15 is 0 Å². The molecule has 110 valence electrons. The van der Waals surface area contributed by atoms with Crippen molar-refractivity contribution in [1.29, 1.82) is 0 Å². The number of carbonyl (C=O) groups is 2. The molecule has 1 aromatic heterocycles. The SMILES string of the molecule is CCCCC(=O)OC(C(=O)OC(C)C)c1ccccn1. The fraction of sp³-hybridized carbons (Fsp3) is 0.533. The number of ether oxygens (including phenoxy) is 2. The van der Waals surface area contributed by atoms with Crippen molar-refractivity contribution in [2.75, 3.05) is 0 Å². The molecule has 5 heteroatoms. The highest BCUT2D eigenvalue weighted by Gasteiger charge is 2.28. The minimum atomic E-state index is -1.09. The zero-order chi connectivity index (χ0) is 15.0. The molecule has 0 amide bonds. The topological polar surface area (TPSA) is 65.5 Å². The lowest BCUT2D eigenvalue weighted by molar-refractivity contribution is -0.171. The van der Waals surface area contributed by atoms with Gasteiger partial charge in [0.15, 0.2) is 0 Å². The zero-order valence-electron chi connectivity index (χ0n) is 12.2. The summed E-state index contributed by atoms with van der Waals surface area (Å²) in [6.07, 6.45) is 2.08. The number of esters is 2. The monoisotopic (exact) mass is 279 g/mol. The maximum atomic E-state index is 12.0. The standard InChI is InChI=1S/C15H21NO4/c1-4-5-9-13(17)20-14(15(18)19-11(2)3)12-8-6-7-10-16-12/h6-8,10-11,14H,4-5,9H2,1-3H3. The van der Waals surface area contributed by atoms with Crippen LogP contribution in [0.25, 0.3) is 0 Å². The molecular weight excluding hydrogens is 258 g/mol. The summed E-state index contributed by atoms with van der Waals surface area (Å²) >= 11 is 0. The van der Waals surface area contributed by atoms with Crippen LogP contribution in [0.15, 0.2) is 24.4 Å². The Morgan fingerprint density at radius 2 is 2.00 bits per heavy atom. The van der Waals surface area contributed by atoms with E-state index in [1.165, 1.54) is 0 Å². The van der Waals surface area contributed by atoms with Crippen molar-refractivity contribution < 1.29 is 19.1 Å². The molecule has 0 aromatic carbocycles. The molecule has 0 aliphatic rings. The molecule has 0 fully saturated rings. The first kappa shape index (κ1) is 16.1. The molecule has 0 radical (unpaired) electrons. The lowest BCUT2D eigenvalue weighted by atomic mass is 10.2. The van der Waals surface area contributed by atoms with Crippen molar-refractivity contribution >= 4 is 11.9 Å². The number of rotatable bonds is 7. The van der Waals surface area contributed by atoms with Crippen LogP contribution in [0.4, 0.5) is 0 Å². The Balaban J connectivity index is 2.79. The van der Waals surface area contributed by atoms with E-state index in [1.807, 2.05) is 6.92 Å². The molecule has 1 atom stereocenters. The summed E-state index contributed by atoms with van der Waals surface area (Å²) in [5, 5.41) is 0. The molecule has 0 aliphatic heterocycles. The lowest BCUT2D eigenvalue weighted by Gasteiger charge is -2.17. The van der Waals surface area contributed by atoms with Crippen molar-refractivity contribution in [2.24, 2.45) is 0 Å². The van der Waals surface area contributed by atoms with Gasteiger partial charge in [0.1, 0.15) is 0 Å². The molecular formula is C15H21NO4. The Hall–Kier alpha value is -1.91. The Morgan fingerprint density at radius 1 is 1.25 bits per heavy atom. The van der Waals surface area contributed by atoms with Crippen molar-refractivity contribution in [3.05, 3.63) is 30.1 Å². The third kappa shape index (κ3) is 5.38. The first-order valence-electron chi connectivity index (χ1n) is 6.85. The summed E-state index contributed by atoms with van der Waals surface area (Å²) in [5.74, 6) is -1.01. The van der Waals surface area contributed by atoms with Crippen LogP contribution in [0, 0.1) is 0 Å². The summed E-state index contributed by atoms with van der Waals surface area (Å²) in [4.78, 5) is 27.8. The molecule has 20 heavy (non-hydrogen) atoms. The summed E-state index contributed by atoms with van der Waals surface area (Å²) in [7, 11) is 0. The third-order valence-corrected chi connectivity index (χ3v) is 2.51. The van der Waals surface area contributed by atoms with Crippen LogP contribution in [0.1, 0.15) is 51.8 Å². The maximum absolute atomic E-state index is 12.0. The van der Waals surface area contributed by atoms with Gasteiger partial charge >= 0.3 is 11.9 Å².